The molecule has 2 aliphatic rings. The lowest BCUT2D eigenvalue weighted by molar-refractivity contribution is -0.148. The van der Waals surface area contributed by atoms with E-state index < -0.39 is 5.41 Å². The van der Waals surface area contributed by atoms with Crippen molar-refractivity contribution in [2.24, 2.45) is 5.41 Å². The van der Waals surface area contributed by atoms with Crippen LogP contribution in [0.5, 0.6) is 0 Å². The smallest absolute Gasteiger partial charge is 0.243 e. The van der Waals surface area contributed by atoms with Crippen molar-refractivity contribution < 1.29 is 9.53 Å². The van der Waals surface area contributed by atoms with Crippen LogP contribution in [0.2, 0.25) is 0 Å². The summed E-state index contributed by atoms with van der Waals surface area (Å²) in [5.74, 6) is 0.0621. The lowest BCUT2D eigenvalue weighted by Crippen LogP contribution is -2.53. The van der Waals surface area contributed by atoms with Gasteiger partial charge in [0.05, 0.1) is 25.3 Å². The number of carbonyl (C=O) groups excluding carboxylic acids is 1. The summed E-state index contributed by atoms with van der Waals surface area (Å²) in [6, 6.07) is 2.52. The summed E-state index contributed by atoms with van der Waals surface area (Å²) in [5.41, 5.74) is -0.763. The molecule has 0 aromatic carbocycles. The average molecular weight is 264 g/mol. The van der Waals surface area contributed by atoms with E-state index >= 15 is 0 Å². The lowest BCUT2D eigenvalue weighted by atomic mass is 9.80. The van der Waals surface area contributed by atoms with Gasteiger partial charge in [-0.15, -0.1) is 0 Å². The summed E-state index contributed by atoms with van der Waals surface area (Å²) in [6.07, 6.45) is 6.66. The molecule has 0 bridgehead atoms. The van der Waals surface area contributed by atoms with Crippen LogP contribution in [0.3, 0.4) is 0 Å². The van der Waals surface area contributed by atoms with Crippen molar-refractivity contribution in [2.75, 3.05) is 19.8 Å². The van der Waals surface area contributed by atoms with Gasteiger partial charge in [-0.3, -0.25) is 4.79 Å². The molecule has 1 aliphatic carbocycles. The lowest BCUT2D eigenvalue weighted by Gasteiger charge is -2.39. The van der Waals surface area contributed by atoms with Gasteiger partial charge in [-0.2, -0.15) is 5.26 Å². The molecule has 1 unspecified atom stereocenters. The maximum Gasteiger partial charge on any atom is 0.243 e. The van der Waals surface area contributed by atoms with E-state index in [2.05, 4.69) is 13.0 Å². The van der Waals surface area contributed by atoms with Crippen LogP contribution in [-0.4, -0.2) is 36.6 Å². The number of carbonyl (C=O) groups is 1. The number of ether oxygens (including phenoxy) is 1. The van der Waals surface area contributed by atoms with E-state index in [9.17, 15) is 10.1 Å². The van der Waals surface area contributed by atoms with Gasteiger partial charge < -0.3 is 9.64 Å². The second kappa shape index (κ2) is 6.38. The maximum atomic E-state index is 12.9. The van der Waals surface area contributed by atoms with Gasteiger partial charge in [0.15, 0.2) is 0 Å². The molecule has 0 spiro atoms. The summed E-state index contributed by atoms with van der Waals surface area (Å²) in [6.45, 7) is 3.93. The highest BCUT2D eigenvalue weighted by Crippen LogP contribution is 2.37. The second-order valence-electron chi connectivity index (χ2n) is 5.74. The predicted octanol–water partition coefficient (Wildman–Crippen LogP) is 2.49. The number of nitrogens with zero attached hydrogens (tertiary/aromatic N) is 2. The molecule has 1 aliphatic heterocycles. The molecule has 4 nitrogen and oxygen atoms in total. The van der Waals surface area contributed by atoms with Crippen LogP contribution in [0.4, 0.5) is 0 Å². The largest absolute Gasteiger partial charge is 0.377 e. The first kappa shape index (κ1) is 14.3. The molecule has 19 heavy (non-hydrogen) atoms. The van der Waals surface area contributed by atoms with Gasteiger partial charge in [0.2, 0.25) is 5.91 Å². The maximum absolute atomic E-state index is 12.9. The molecule has 1 atom stereocenters. The predicted molar refractivity (Wildman–Crippen MR) is 72.4 cm³/mol. The van der Waals surface area contributed by atoms with E-state index in [1.54, 1.807) is 0 Å². The molecule has 106 valence electrons. The average Bonchev–Trinajstić information content (AvgIpc) is 2.72. The van der Waals surface area contributed by atoms with Crippen LogP contribution in [0.15, 0.2) is 0 Å². The monoisotopic (exact) mass is 264 g/mol. The molecule has 2 fully saturated rings. The highest BCUT2D eigenvalue weighted by atomic mass is 16.5. The molecule has 0 radical (unpaired) electrons. The van der Waals surface area contributed by atoms with E-state index in [1.165, 1.54) is 0 Å². The van der Waals surface area contributed by atoms with Crippen LogP contribution < -0.4 is 0 Å². The first-order valence-electron chi connectivity index (χ1n) is 7.53. The Kier molecular flexibility index (Phi) is 4.81. The molecule has 1 saturated carbocycles. The summed E-state index contributed by atoms with van der Waals surface area (Å²) in [4.78, 5) is 14.8. The first-order chi connectivity index (χ1) is 9.23. The Labute approximate surface area is 115 Å². The highest BCUT2D eigenvalue weighted by Gasteiger charge is 2.43. The van der Waals surface area contributed by atoms with E-state index in [0.29, 0.717) is 19.8 Å². The molecule has 4 heteroatoms. The molecule has 0 aromatic heterocycles. The molecular weight excluding hydrogens is 240 g/mol. The van der Waals surface area contributed by atoms with E-state index in [0.717, 1.165) is 44.9 Å². The number of rotatable bonds is 2. The Hall–Kier alpha value is -1.08. The zero-order valence-electron chi connectivity index (χ0n) is 11.9. The van der Waals surface area contributed by atoms with Crippen molar-refractivity contribution in [2.45, 2.75) is 57.9 Å². The Bertz CT molecular complexity index is 354. The van der Waals surface area contributed by atoms with Crippen molar-refractivity contribution in [1.29, 1.82) is 5.26 Å². The zero-order chi connectivity index (χ0) is 13.7. The first-order valence-corrected chi connectivity index (χ1v) is 7.53. The fourth-order valence-corrected chi connectivity index (χ4v) is 3.24. The number of amides is 1. The molecule has 1 amide bonds. The Morgan fingerprint density at radius 1 is 1.37 bits per heavy atom. The molecule has 0 N–H and O–H groups in total. The van der Waals surface area contributed by atoms with Crippen molar-refractivity contribution in [3.8, 4) is 6.07 Å². The van der Waals surface area contributed by atoms with Crippen LogP contribution in [0.1, 0.15) is 51.9 Å². The van der Waals surface area contributed by atoms with E-state index in [4.69, 9.17) is 4.74 Å². The Morgan fingerprint density at radius 2 is 2.05 bits per heavy atom. The number of nitriles is 1. The quantitative estimate of drug-likeness (QED) is 0.720. The summed E-state index contributed by atoms with van der Waals surface area (Å²) in [7, 11) is 0. The minimum absolute atomic E-state index is 0.0621. The third-order valence-corrected chi connectivity index (χ3v) is 4.54. The standard InChI is InChI=1S/C15H24N2O2/c1-2-13-11-19-10-9-17(13)14(18)15(12-16)7-5-3-4-6-8-15/h13H,2-11H2,1H3. The van der Waals surface area contributed by atoms with Gasteiger partial charge in [-0.1, -0.05) is 32.6 Å². The molecule has 2 rings (SSSR count). The van der Waals surface area contributed by atoms with Crippen LogP contribution in [0.25, 0.3) is 0 Å². The SMILES string of the molecule is CCC1COCCN1C(=O)C1(C#N)CCCCCC1. The topological polar surface area (TPSA) is 53.3 Å². The molecule has 1 saturated heterocycles. The fraction of sp³-hybridized carbons (Fsp3) is 0.867. The van der Waals surface area contributed by atoms with Gasteiger partial charge >= 0.3 is 0 Å². The Morgan fingerprint density at radius 3 is 2.63 bits per heavy atom. The van der Waals surface area contributed by atoms with Crippen molar-refractivity contribution in [1.82, 2.24) is 4.90 Å². The second-order valence-corrected chi connectivity index (χ2v) is 5.74. The normalized spacial score (nSPS) is 27.4. The summed E-state index contributed by atoms with van der Waals surface area (Å²) < 4.78 is 5.46. The van der Waals surface area contributed by atoms with Crippen molar-refractivity contribution in [3.05, 3.63) is 0 Å². The molecular formula is C15H24N2O2. The highest BCUT2D eigenvalue weighted by molar-refractivity contribution is 5.86. The van der Waals surface area contributed by atoms with E-state index in [-0.39, 0.29) is 11.9 Å². The summed E-state index contributed by atoms with van der Waals surface area (Å²) >= 11 is 0. The van der Waals surface area contributed by atoms with Gasteiger partial charge in [0.25, 0.3) is 0 Å². The van der Waals surface area contributed by atoms with Crippen molar-refractivity contribution >= 4 is 5.91 Å². The third-order valence-electron chi connectivity index (χ3n) is 4.54. The van der Waals surface area contributed by atoms with Crippen molar-refractivity contribution in [3.63, 3.8) is 0 Å². The minimum atomic E-state index is -0.763. The van der Waals surface area contributed by atoms with Gasteiger partial charge in [0.1, 0.15) is 5.41 Å². The third kappa shape index (κ3) is 2.92. The fourth-order valence-electron chi connectivity index (χ4n) is 3.24. The summed E-state index contributed by atoms with van der Waals surface area (Å²) in [5, 5.41) is 9.60. The van der Waals surface area contributed by atoms with Crippen LogP contribution >= 0.6 is 0 Å². The Balaban J connectivity index is 2.17. The van der Waals surface area contributed by atoms with Gasteiger partial charge in [0, 0.05) is 6.54 Å². The van der Waals surface area contributed by atoms with Gasteiger partial charge in [-0.25, -0.2) is 0 Å². The van der Waals surface area contributed by atoms with Gasteiger partial charge in [-0.05, 0) is 19.3 Å². The van der Waals surface area contributed by atoms with Crippen LogP contribution in [-0.2, 0) is 9.53 Å². The molecule has 1 heterocycles. The van der Waals surface area contributed by atoms with E-state index in [1.807, 2.05) is 4.90 Å². The molecule has 0 aromatic rings. The number of hydrogen-bond acceptors (Lipinski definition) is 3. The van der Waals surface area contributed by atoms with Crippen LogP contribution in [0, 0.1) is 16.7 Å². The number of hydrogen-bond donors (Lipinski definition) is 0. The number of morpholine rings is 1. The zero-order valence-corrected chi connectivity index (χ0v) is 11.9. The minimum Gasteiger partial charge on any atom is -0.377 e.